The Bertz CT molecular complexity index is 859. The van der Waals surface area contributed by atoms with Crippen LogP contribution in [0.4, 0.5) is 5.82 Å². The quantitative estimate of drug-likeness (QED) is 0.673. The van der Waals surface area contributed by atoms with Crippen LogP contribution in [0.15, 0.2) is 59.4 Å². The van der Waals surface area contributed by atoms with Crippen molar-refractivity contribution in [3.8, 4) is 0 Å². The van der Waals surface area contributed by atoms with Gasteiger partial charge in [0.2, 0.25) is 5.91 Å². The SMILES string of the molecule is C[C@@H](CC(=O)Nc1ccnn1Cc1ccsc1)NC(=O)c1ccccc1. The summed E-state index contributed by atoms with van der Waals surface area (Å²) in [5.74, 6) is 0.286. The lowest BCUT2D eigenvalue weighted by Crippen LogP contribution is -2.35. The molecule has 2 N–H and O–H groups in total. The van der Waals surface area contributed by atoms with E-state index in [0.717, 1.165) is 5.56 Å². The number of thiophene rings is 1. The smallest absolute Gasteiger partial charge is 0.251 e. The average Bonchev–Trinajstić information content (AvgIpc) is 3.28. The maximum absolute atomic E-state index is 12.3. The van der Waals surface area contributed by atoms with Crippen LogP contribution in [-0.4, -0.2) is 27.6 Å². The summed E-state index contributed by atoms with van der Waals surface area (Å²) in [6.45, 7) is 2.41. The van der Waals surface area contributed by atoms with E-state index in [4.69, 9.17) is 0 Å². The maximum atomic E-state index is 12.3. The Kier molecular flexibility index (Phi) is 5.80. The summed E-state index contributed by atoms with van der Waals surface area (Å²) >= 11 is 1.62. The molecule has 3 rings (SSSR count). The van der Waals surface area contributed by atoms with Gasteiger partial charge in [-0.15, -0.1) is 0 Å². The van der Waals surface area contributed by atoms with Gasteiger partial charge in [0.05, 0.1) is 12.7 Å². The van der Waals surface area contributed by atoms with Crippen molar-refractivity contribution in [1.82, 2.24) is 15.1 Å². The van der Waals surface area contributed by atoms with Gasteiger partial charge in [-0.2, -0.15) is 16.4 Å². The second-order valence-electron chi connectivity index (χ2n) is 6.00. The number of aromatic nitrogens is 2. The molecule has 0 aliphatic heterocycles. The molecular weight excluding hydrogens is 348 g/mol. The molecule has 2 amide bonds. The normalized spacial score (nSPS) is 11.7. The minimum atomic E-state index is -0.282. The Hall–Kier alpha value is -2.93. The lowest BCUT2D eigenvalue weighted by Gasteiger charge is -2.14. The fraction of sp³-hybridized carbons (Fsp3) is 0.211. The molecule has 7 heteroatoms. The molecule has 1 aromatic carbocycles. The number of rotatable bonds is 7. The number of nitrogens with zero attached hydrogens (tertiary/aromatic N) is 2. The molecule has 0 radical (unpaired) electrons. The van der Waals surface area contributed by atoms with Crippen LogP contribution in [0.3, 0.4) is 0 Å². The largest absolute Gasteiger partial charge is 0.349 e. The molecule has 0 aliphatic carbocycles. The zero-order chi connectivity index (χ0) is 18.4. The Labute approximate surface area is 155 Å². The third-order valence-electron chi connectivity index (χ3n) is 3.80. The zero-order valence-corrected chi connectivity index (χ0v) is 15.2. The van der Waals surface area contributed by atoms with E-state index in [-0.39, 0.29) is 24.3 Å². The van der Waals surface area contributed by atoms with Gasteiger partial charge in [-0.1, -0.05) is 18.2 Å². The van der Waals surface area contributed by atoms with Crippen LogP contribution in [0.5, 0.6) is 0 Å². The first-order chi connectivity index (χ1) is 12.6. The summed E-state index contributed by atoms with van der Waals surface area (Å²) in [6, 6.07) is 12.5. The third kappa shape index (κ3) is 4.80. The predicted molar refractivity (Wildman–Crippen MR) is 102 cm³/mol. The highest BCUT2D eigenvalue weighted by Gasteiger charge is 2.14. The number of nitrogens with one attached hydrogen (secondary N) is 2. The molecule has 0 bridgehead atoms. The van der Waals surface area contributed by atoms with E-state index in [1.54, 1.807) is 52.5 Å². The van der Waals surface area contributed by atoms with Gasteiger partial charge in [0, 0.05) is 24.1 Å². The van der Waals surface area contributed by atoms with Gasteiger partial charge < -0.3 is 10.6 Å². The molecule has 0 saturated heterocycles. The minimum absolute atomic E-state index is 0.169. The fourth-order valence-corrected chi connectivity index (χ4v) is 3.20. The first-order valence-electron chi connectivity index (χ1n) is 8.30. The van der Waals surface area contributed by atoms with Gasteiger partial charge >= 0.3 is 0 Å². The molecule has 0 spiro atoms. The van der Waals surface area contributed by atoms with Crippen molar-refractivity contribution in [3.05, 3.63) is 70.5 Å². The lowest BCUT2D eigenvalue weighted by molar-refractivity contribution is -0.116. The van der Waals surface area contributed by atoms with E-state index < -0.39 is 0 Å². The molecule has 0 aliphatic rings. The minimum Gasteiger partial charge on any atom is -0.349 e. The number of carbonyl (C=O) groups is 2. The monoisotopic (exact) mass is 368 g/mol. The van der Waals surface area contributed by atoms with E-state index in [1.165, 1.54) is 0 Å². The highest BCUT2D eigenvalue weighted by Crippen LogP contribution is 2.13. The second kappa shape index (κ2) is 8.44. The van der Waals surface area contributed by atoms with Crippen LogP contribution < -0.4 is 10.6 Å². The predicted octanol–water partition coefficient (Wildman–Crippen LogP) is 3.14. The number of amides is 2. The van der Waals surface area contributed by atoms with Crippen LogP contribution in [0, 0.1) is 0 Å². The topological polar surface area (TPSA) is 76.0 Å². The molecule has 6 nitrogen and oxygen atoms in total. The summed E-state index contributed by atoms with van der Waals surface area (Å²) in [5, 5.41) is 14.0. The van der Waals surface area contributed by atoms with E-state index in [1.807, 2.05) is 24.4 Å². The maximum Gasteiger partial charge on any atom is 0.251 e. The summed E-state index contributed by atoms with van der Waals surface area (Å²) in [5.41, 5.74) is 1.71. The van der Waals surface area contributed by atoms with Crippen molar-refractivity contribution in [2.75, 3.05) is 5.32 Å². The average molecular weight is 368 g/mol. The van der Waals surface area contributed by atoms with E-state index in [9.17, 15) is 9.59 Å². The van der Waals surface area contributed by atoms with Crippen molar-refractivity contribution in [1.29, 1.82) is 0 Å². The Balaban J connectivity index is 1.52. The number of hydrogen-bond donors (Lipinski definition) is 2. The highest BCUT2D eigenvalue weighted by atomic mass is 32.1. The standard InChI is InChI=1S/C19H20N4O2S/c1-14(21-19(25)16-5-3-2-4-6-16)11-18(24)22-17-7-9-20-23(17)12-15-8-10-26-13-15/h2-10,13-14H,11-12H2,1H3,(H,21,25)(H,22,24)/t14-/m0/s1. The van der Waals surface area contributed by atoms with Gasteiger partial charge in [-0.3, -0.25) is 9.59 Å². The Morgan fingerprint density at radius 3 is 2.73 bits per heavy atom. The molecule has 0 saturated carbocycles. The van der Waals surface area contributed by atoms with E-state index >= 15 is 0 Å². The van der Waals surface area contributed by atoms with Crippen LogP contribution in [0.1, 0.15) is 29.3 Å². The summed E-state index contributed by atoms with van der Waals surface area (Å²) in [4.78, 5) is 24.4. The molecule has 134 valence electrons. The van der Waals surface area contributed by atoms with E-state index in [0.29, 0.717) is 17.9 Å². The van der Waals surface area contributed by atoms with Gasteiger partial charge in [-0.25, -0.2) is 4.68 Å². The van der Waals surface area contributed by atoms with E-state index in [2.05, 4.69) is 21.1 Å². The van der Waals surface area contributed by atoms with Crippen LogP contribution in [-0.2, 0) is 11.3 Å². The molecule has 0 fully saturated rings. The van der Waals surface area contributed by atoms with Crippen molar-refractivity contribution in [2.24, 2.45) is 0 Å². The number of hydrogen-bond acceptors (Lipinski definition) is 4. The first-order valence-corrected chi connectivity index (χ1v) is 9.25. The Morgan fingerprint density at radius 1 is 1.19 bits per heavy atom. The fourth-order valence-electron chi connectivity index (χ4n) is 2.54. The van der Waals surface area contributed by atoms with Crippen molar-refractivity contribution in [2.45, 2.75) is 25.9 Å². The van der Waals surface area contributed by atoms with Gasteiger partial charge in [0.15, 0.2) is 0 Å². The Morgan fingerprint density at radius 2 is 2.00 bits per heavy atom. The molecule has 2 heterocycles. The van der Waals surface area contributed by atoms with Crippen molar-refractivity contribution < 1.29 is 9.59 Å². The molecule has 26 heavy (non-hydrogen) atoms. The third-order valence-corrected chi connectivity index (χ3v) is 4.53. The molecule has 3 aromatic rings. The molecular formula is C19H20N4O2S. The number of carbonyl (C=O) groups excluding carboxylic acids is 2. The second-order valence-corrected chi connectivity index (χ2v) is 6.78. The van der Waals surface area contributed by atoms with Crippen LogP contribution in [0.25, 0.3) is 0 Å². The summed E-state index contributed by atoms with van der Waals surface area (Å²) < 4.78 is 1.74. The first kappa shape index (κ1) is 17.9. The van der Waals surface area contributed by atoms with Gasteiger partial charge in [-0.05, 0) is 41.4 Å². The van der Waals surface area contributed by atoms with Crippen LogP contribution >= 0.6 is 11.3 Å². The summed E-state index contributed by atoms with van der Waals surface area (Å²) in [7, 11) is 0. The zero-order valence-electron chi connectivity index (χ0n) is 14.4. The number of benzene rings is 1. The van der Waals surface area contributed by atoms with Gasteiger partial charge in [0.1, 0.15) is 5.82 Å². The van der Waals surface area contributed by atoms with Crippen molar-refractivity contribution in [3.63, 3.8) is 0 Å². The van der Waals surface area contributed by atoms with Crippen molar-refractivity contribution >= 4 is 29.0 Å². The highest BCUT2D eigenvalue weighted by molar-refractivity contribution is 7.07. The lowest BCUT2D eigenvalue weighted by atomic mass is 10.1. The molecule has 1 atom stereocenters. The summed E-state index contributed by atoms with van der Waals surface area (Å²) in [6.07, 6.45) is 1.84. The molecule has 0 unspecified atom stereocenters. The van der Waals surface area contributed by atoms with Crippen LogP contribution in [0.2, 0.25) is 0 Å². The molecule has 2 aromatic heterocycles. The van der Waals surface area contributed by atoms with Gasteiger partial charge in [0.25, 0.3) is 5.91 Å². The number of anilines is 1.